The van der Waals surface area contributed by atoms with Gasteiger partial charge in [0, 0.05) is 0 Å². The molecule has 0 aliphatic rings. The van der Waals surface area contributed by atoms with Gasteiger partial charge in [-0.2, -0.15) is 0 Å². The maximum atomic E-state index is 2.65. The van der Waals surface area contributed by atoms with Gasteiger partial charge in [0.1, 0.15) is 0 Å². The minimum absolute atomic E-state index is 0.543. The second-order valence-corrected chi connectivity index (χ2v) is 14.5. The third-order valence-corrected chi connectivity index (χ3v) is 13.4. The molecule has 0 nitrogen and oxygen atoms in total. The summed E-state index contributed by atoms with van der Waals surface area (Å²) in [5, 5.41) is 0.543. The SMILES string of the molecule is CCCCCCC(CC)CC[Si](C)(C(C)C)C(C)(C)C. The van der Waals surface area contributed by atoms with Crippen LogP contribution in [-0.2, 0) is 0 Å². The summed E-state index contributed by atoms with van der Waals surface area (Å²) in [6.07, 6.45) is 10.0. The van der Waals surface area contributed by atoms with Gasteiger partial charge in [-0.25, -0.2) is 0 Å². The Morgan fingerprint density at radius 3 is 1.90 bits per heavy atom. The first-order valence-electron chi connectivity index (χ1n) is 9.19. The zero-order valence-corrected chi connectivity index (χ0v) is 16.8. The molecule has 2 unspecified atom stereocenters. The van der Waals surface area contributed by atoms with Crippen molar-refractivity contribution in [3.8, 4) is 0 Å². The molecule has 0 aliphatic heterocycles. The summed E-state index contributed by atoms with van der Waals surface area (Å²) in [4.78, 5) is 0. The predicted molar refractivity (Wildman–Crippen MR) is 98.4 cm³/mol. The van der Waals surface area contributed by atoms with E-state index in [9.17, 15) is 0 Å². The Hall–Kier alpha value is 0.217. The molecule has 0 saturated carbocycles. The molecule has 0 rings (SSSR count). The van der Waals surface area contributed by atoms with Crippen molar-refractivity contribution in [3.05, 3.63) is 0 Å². The molecule has 0 spiro atoms. The lowest BCUT2D eigenvalue weighted by Crippen LogP contribution is -2.43. The molecule has 0 N–H and O–H groups in total. The molecule has 0 aliphatic carbocycles. The number of unbranched alkanes of at least 4 members (excludes halogenated alkanes) is 3. The summed E-state index contributed by atoms with van der Waals surface area (Å²) in [6, 6.07) is 1.53. The van der Waals surface area contributed by atoms with Crippen LogP contribution in [0.25, 0.3) is 0 Å². The van der Waals surface area contributed by atoms with Crippen molar-refractivity contribution >= 4 is 8.07 Å². The molecule has 1 heteroatoms. The fraction of sp³-hybridized carbons (Fsp3) is 1.00. The van der Waals surface area contributed by atoms with Gasteiger partial charge in [-0.05, 0) is 11.0 Å². The van der Waals surface area contributed by atoms with E-state index in [0.717, 1.165) is 11.5 Å². The molecule has 20 heavy (non-hydrogen) atoms. The van der Waals surface area contributed by atoms with Crippen molar-refractivity contribution in [2.45, 2.75) is 117 Å². The van der Waals surface area contributed by atoms with Gasteiger partial charge in [0.25, 0.3) is 0 Å². The summed E-state index contributed by atoms with van der Waals surface area (Å²) in [5.74, 6) is 0.986. The Kier molecular flexibility index (Phi) is 9.38. The molecule has 0 radical (unpaired) electrons. The van der Waals surface area contributed by atoms with E-state index in [1.807, 2.05) is 0 Å². The number of hydrogen-bond donors (Lipinski definition) is 0. The Morgan fingerprint density at radius 2 is 1.50 bits per heavy atom. The quantitative estimate of drug-likeness (QED) is 0.287. The third-order valence-electron chi connectivity index (χ3n) is 6.10. The lowest BCUT2D eigenvalue weighted by Gasteiger charge is -2.44. The first-order chi connectivity index (χ1) is 9.19. The average molecular weight is 299 g/mol. The predicted octanol–water partition coefficient (Wildman–Crippen LogP) is 7.66. The van der Waals surface area contributed by atoms with E-state index >= 15 is 0 Å². The van der Waals surface area contributed by atoms with Crippen LogP contribution >= 0.6 is 0 Å². The topological polar surface area (TPSA) is 0 Å². The fourth-order valence-electron chi connectivity index (χ4n) is 3.45. The molecule has 0 aromatic carbocycles. The van der Waals surface area contributed by atoms with Crippen LogP contribution in [0.5, 0.6) is 0 Å². The van der Waals surface area contributed by atoms with E-state index in [-0.39, 0.29) is 0 Å². The van der Waals surface area contributed by atoms with Crippen molar-refractivity contribution in [1.82, 2.24) is 0 Å². The van der Waals surface area contributed by atoms with Crippen molar-refractivity contribution in [1.29, 1.82) is 0 Å². The number of hydrogen-bond acceptors (Lipinski definition) is 0. The molecule has 0 aromatic rings. The zero-order valence-electron chi connectivity index (χ0n) is 15.8. The average Bonchev–Trinajstić information content (AvgIpc) is 2.36. The van der Waals surface area contributed by atoms with Gasteiger partial charge in [-0.1, -0.05) is 112 Å². The van der Waals surface area contributed by atoms with Crippen LogP contribution < -0.4 is 0 Å². The van der Waals surface area contributed by atoms with Gasteiger partial charge in [0.2, 0.25) is 0 Å². The summed E-state index contributed by atoms with van der Waals surface area (Å²) in [7, 11) is -1.16. The van der Waals surface area contributed by atoms with Gasteiger partial charge >= 0.3 is 0 Å². The smallest absolute Gasteiger partial charge is 0.0584 e. The van der Waals surface area contributed by atoms with Gasteiger partial charge < -0.3 is 0 Å². The molecule has 0 heterocycles. The Balaban J connectivity index is 4.38. The molecule has 0 fully saturated rings. The molecular formula is C19H42Si. The lowest BCUT2D eigenvalue weighted by atomic mass is 9.96. The largest absolute Gasteiger partial charge is 0.0686 e. The van der Waals surface area contributed by atoms with Gasteiger partial charge in [-0.15, -0.1) is 0 Å². The van der Waals surface area contributed by atoms with E-state index in [2.05, 4.69) is 55.0 Å². The van der Waals surface area contributed by atoms with E-state index in [4.69, 9.17) is 0 Å². The second kappa shape index (κ2) is 9.28. The Labute approximate surface area is 131 Å². The summed E-state index contributed by atoms with van der Waals surface area (Å²) in [5.41, 5.74) is 0.903. The van der Waals surface area contributed by atoms with Crippen LogP contribution in [0.15, 0.2) is 0 Å². The fourth-order valence-corrected chi connectivity index (χ4v) is 7.51. The van der Waals surface area contributed by atoms with Gasteiger partial charge in [0.05, 0.1) is 8.07 Å². The van der Waals surface area contributed by atoms with Gasteiger partial charge in [-0.3, -0.25) is 0 Å². The Bertz CT molecular complexity index is 239. The molecule has 0 bridgehead atoms. The van der Waals surface area contributed by atoms with Crippen LogP contribution in [0, 0.1) is 5.92 Å². The van der Waals surface area contributed by atoms with Crippen LogP contribution in [-0.4, -0.2) is 8.07 Å². The van der Waals surface area contributed by atoms with Crippen LogP contribution in [0.2, 0.25) is 23.2 Å². The highest BCUT2D eigenvalue weighted by Crippen LogP contribution is 2.47. The highest BCUT2D eigenvalue weighted by Gasteiger charge is 2.41. The van der Waals surface area contributed by atoms with Crippen molar-refractivity contribution in [3.63, 3.8) is 0 Å². The van der Waals surface area contributed by atoms with Crippen LogP contribution in [0.4, 0.5) is 0 Å². The monoisotopic (exact) mass is 298 g/mol. The maximum absolute atomic E-state index is 2.65. The van der Waals surface area contributed by atoms with Crippen molar-refractivity contribution in [2.24, 2.45) is 5.92 Å². The molecular weight excluding hydrogens is 256 g/mol. The summed E-state index contributed by atoms with van der Waals surface area (Å²) in [6.45, 7) is 19.8. The molecule has 0 saturated heterocycles. The highest BCUT2D eigenvalue weighted by molar-refractivity contribution is 6.82. The summed E-state index contributed by atoms with van der Waals surface area (Å²) >= 11 is 0. The summed E-state index contributed by atoms with van der Waals surface area (Å²) < 4.78 is 0. The first kappa shape index (κ1) is 20.2. The second-order valence-electron chi connectivity index (χ2n) is 8.48. The van der Waals surface area contributed by atoms with Crippen molar-refractivity contribution in [2.75, 3.05) is 0 Å². The van der Waals surface area contributed by atoms with E-state index < -0.39 is 8.07 Å². The van der Waals surface area contributed by atoms with E-state index in [1.165, 1.54) is 51.0 Å². The highest BCUT2D eigenvalue weighted by atomic mass is 28.3. The first-order valence-corrected chi connectivity index (χ1v) is 12.0. The molecule has 122 valence electrons. The molecule has 2 atom stereocenters. The van der Waals surface area contributed by atoms with Crippen LogP contribution in [0.3, 0.4) is 0 Å². The minimum atomic E-state index is -1.16. The van der Waals surface area contributed by atoms with E-state index in [0.29, 0.717) is 5.04 Å². The lowest BCUT2D eigenvalue weighted by molar-refractivity contribution is 0.424. The van der Waals surface area contributed by atoms with E-state index in [1.54, 1.807) is 0 Å². The standard InChI is InChI=1S/C19H42Si/c1-9-11-12-13-14-18(10-2)15-16-20(8,17(3)4)19(5,6)7/h17-18H,9-16H2,1-8H3. The third kappa shape index (κ3) is 6.33. The Morgan fingerprint density at radius 1 is 0.900 bits per heavy atom. The number of rotatable bonds is 10. The normalized spacial score (nSPS) is 17.2. The molecule has 0 amide bonds. The maximum Gasteiger partial charge on any atom is 0.0584 e. The van der Waals surface area contributed by atoms with Crippen LogP contribution in [0.1, 0.15) is 93.4 Å². The minimum Gasteiger partial charge on any atom is -0.0686 e. The van der Waals surface area contributed by atoms with Gasteiger partial charge in [0.15, 0.2) is 0 Å². The zero-order chi connectivity index (χ0) is 15.8. The molecule has 0 aromatic heterocycles. The van der Waals surface area contributed by atoms with Crippen molar-refractivity contribution < 1.29 is 0 Å².